The number of ketones is 1. The minimum atomic E-state index is -1.28. The van der Waals surface area contributed by atoms with Crippen LogP contribution in [0.15, 0.2) is 23.8 Å². The summed E-state index contributed by atoms with van der Waals surface area (Å²) in [7, 11) is 1.42. The highest BCUT2D eigenvalue weighted by molar-refractivity contribution is 14.1. The van der Waals surface area contributed by atoms with Gasteiger partial charge in [0.15, 0.2) is 11.5 Å². The van der Waals surface area contributed by atoms with Gasteiger partial charge >= 0.3 is 0 Å². The first-order chi connectivity index (χ1) is 17.6. The molecule has 0 saturated heterocycles. The van der Waals surface area contributed by atoms with Crippen molar-refractivity contribution in [2.24, 2.45) is 5.92 Å². The second kappa shape index (κ2) is 14.4. The lowest BCUT2D eigenvalue weighted by atomic mass is 9.87. The Labute approximate surface area is 230 Å². The van der Waals surface area contributed by atoms with Gasteiger partial charge < -0.3 is 29.9 Å². The van der Waals surface area contributed by atoms with Crippen molar-refractivity contribution >= 4 is 46.5 Å². The molecule has 3 atom stereocenters. The minimum Gasteiger partial charge on any atom is -0.493 e. The van der Waals surface area contributed by atoms with Crippen molar-refractivity contribution in [3.05, 3.63) is 32.9 Å². The topological polar surface area (TPSA) is 142 Å². The summed E-state index contributed by atoms with van der Waals surface area (Å²) in [5, 5.41) is 23.1. The summed E-state index contributed by atoms with van der Waals surface area (Å²) < 4.78 is 12.1. The van der Waals surface area contributed by atoms with Crippen molar-refractivity contribution in [2.45, 2.75) is 58.3 Å². The van der Waals surface area contributed by atoms with Gasteiger partial charge in [0.2, 0.25) is 11.7 Å². The Morgan fingerprint density at radius 1 is 1.30 bits per heavy atom. The zero-order valence-electron chi connectivity index (χ0n) is 21.5. The van der Waals surface area contributed by atoms with E-state index in [0.717, 1.165) is 0 Å². The average Bonchev–Trinajstić information content (AvgIpc) is 2.88. The predicted molar refractivity (Wildman–Crippen MR) is 145 cm³/mol. The fourth-order valence-electron chi connectivity index (χ4n) is 3.96. The number of aliphatic hydroxyl groups excluding tert-OH is 2. The molecule has 1 aromatic carbocycles. The SMILES string of the molecule is CCC(=O)C(=O)N(CCC(C)C)[C@@H]1CC(C(=O)NCCO)=C[C@H](Oc2c(I)cc(C=O)cc2OC)[C@H]1O. The molecule has 1 aliphatic rings. The first-order valence-corrected chi connectivity index (χ1v) is 13.3. The number of nitrogens with zero attached hydrogens (tertiary/aromatic N) is 1. The van der Waals surface area contributed by atoms with Crippen LogP contribution in [0.3, 0.4) is 0 Å². The number of aliphatic hydroxyl groups is 2. The zero-order valence-corrected chi connectivity index (χ0v) is 23.7. The fraction of sp³-hybridized carbons (Fsp3) is 0.538. The number of nitrogens with one attached hydrogen (secondary N) is 1. The summed E-state index contributed by atoms with van der Waals surface area (Å²) in [5.41, 5.74) is 0.623. The molecule has 204 valence electrons. The fourth-order valence-corrected chi connectivity index (χ4v) is 4.72. The van der Waals surface area contributed by atoms with Gasteiger partial charge in [0, 0.05) is 37.1 Å². The van der Waals surface area contributed by atoms with Crippen molar-refractivity contribution in [3.63, 3.8) is 0 Å². The molecule has 1 aromatic rings. The molecule has 11 heteroatoms. The highest BCUT2D eigenvalue weighted by Crippen LogP contribution is 2.37. The summed E-state index contributed by atoms with van der Waals surface area (Å²) in [6.45, 7) is 5.55. The van der Waals surface area contributed by atoms with Crippen LogP contribution in [0.5, 0.6) is 11.5 Å². The van der Waals surface area contributed by atoms with Crippen molar-refractivity contribution in [3.8, 4) is 11.5 Å². The standard InChI is InChI=1S/C26H35IN2O8/c1-5-20(32)26(35)29(8-6-15(2)3)19-12-17(25(34)28-7-9-30)13-21(23(19)33)37-24-18(27)10-16(14-31)11-22(24)36-4/h10-11,13-15,19,21,23,30,33H,5-9,12H2,1-4H3,(H,28,34)/t19-,21+,23+/m1/s1. The van der Waals surface area contributed by atoms with Crippen molar-refractivity contribution in [1.82, 2.24) is 10.2 Å². The predicted octanol–water partition coefficient (Wildman–Crippen LogP) is 1.88. The molecule has 0 bridgehead atoms. The molecule has 10 nitrogen and oxygen atoms in total. The zero-order chi connectivity index (χ0) is 27.7. The largest absolute Gasteiger partial charge is 0.493 e. The van der Waals surface area contributed by atoms with Crippen LogP contribution < -0.4 is 14.8 Å². The average molecular weight is 630 g/mol. The van der Waals surface area contributed by atoms with Crippen molar-refractivity contribution in [1.29, 1.82) is 0 Å². The van der Waals surface area contributed by atoms with Crippen LogP contribution in [0.1, 0.15) is 50.4 Å². The normalized spacial score (nSPS) is 19.1. The summed E-state index contributed by atoms with van der Waals surface area (Å²) in [6, 6.07) is 2.17. The number of halogens is 1. The van der Waals surface area contributed by atoms with E-state index in [-0.39, 0.29) is 55.5 Å². The third-order valence-electron chi connectivity index (χ3n) is 6.02. The van der Waals surface area contributed by atoms with Crippen molar-refractivity contribution < 1.29 is 38.9 Å². The van der Waals surface area contributed by atoms with Crippen LogP contribution in [0.4, 0.5) is 0 Å². The number of hydrogen-bond donors (Lipinski definition) is 3. The second-order valence-corrected chi connectivity index (χ2v) is 10.3. The van der Waals surface area contributed by atoms with Crippen LogP contribution in [0.25, 0.3) is 0 Å². The molecule has 2 rings (SSSR count). The molecule has 2 amide bonds. The van der Waals surface area contributed by atoms with E-state index in [1.165, 1.54) is 24.2 Å². The van der Waals surface area contributed by atoms with Gasteiger partial charge in [0.05, 0.1) is 23.3 Å². The molecular formula is C26H35IN2O8. The first kappa shape index (κ1) is 30.7. The van der Waals surface area contributed by atoms with E-state index >= 15 is 0 Å². The molecule has 37 heavy (non-hydrogen) atoms. The van der Waals surface area contributed by atoms with E-state index in [2.05, 4.69) is 5.32 Å². The maximum Gasteiger partial charge on any atom is 0.290 e. The Morgan fingerprint density at radius 3 is 2.57 bits per heavy atom. The molecule has 3 N–H and O–H groups in total. The van der Waals surface area contributed by atoms with Gasteiger partial charge in [-0.1, -0.05) is 20.8 Å². The number of Topliss-reactive ketones (excluding diaryl/α,β-unsaturated/α-hetero) is 1. The molecule has 1 aliphatic carbocycles. The van der Waals surface area contributed by atoms with Gasteiger partial charge in [0.25, 0.3) is 5.91 Å². The van der Waals surface area contributed by atoms with E-state index in [1.807, 2.05) is 36.4 Å². The maximum absolute atomic E-state index is 13.1. The van der Waals surface area contributed by atoms with E-state index in [1.54, 1.807) is 13.0 Å². The number of hydrogen-bond acceptors (Lipinski definition) is 8. The molecule has 0 saturated carbocycles. The smallest absolute Gasteiger partial charge is 0.290 e. The number of ether oxygens (including phenoxy) is 2. The van der Waals surface area contributed by atoms with Gasteiger partial charge in [-0.3, -0.25) is 19.2 Å². The van der Waals surface area contributed by atoms with E-state index in [9.17, 15) is 24.3 Å². The molecule has 0 aromatic heterocycles. The monoisotopic (exact) mass is 630 g/mol. The Kier molecular flexibility index (Phi) is 12.0. The van der Waals surface area contributed by atoms with Crippen LogP contribution in [0.2, 0.25) is 0 Å². The summed E-state index contributed by atoms with van der Waals surface area (Å²) in [4.78, 5) is 51.0. The van der Waals surface area contributed by atoms with Gasteiger partial charge in [-0.25, -0.2) is 0 Å². The van der Waals surface area contributed by atoms with E-state index in [0.29, 0.717) is 21.8 Å². The lowest BCUT2D eigenvalue weighted by molar-refractivity contribution is -0.149. The van der Waals surface area contributed by atoms with Gasteiger partial charge in [-0.05, 0) is 53.1 Å². The Morgan fingerprint density at radius 2 is 2.00 bits per heavy atom. The van der Waals surface area contributed by atoms with Crippen LogP contribution in [-0.4, -0.2) is 84.1 Å². The number of rotatable bonds is 13. The highest BCUT2D eigenvalue weighted by atomic mass is 127. The minimum absolute atomic E-state index is 0.00255. The van der Waals surface area contributed by atoms with Gasteiger partial charge in [-0.15, -0.1) is 0 Å². The van der Waals surface area contributed by atoms with Crippen LogP contribution >= 0.6 is 22.6 Å². The van der Waals surface area contributed by atoms with Crippen molar-refractivity contribution in [2.75, 3.05) is 26.8 Å². The van der Waals surface area contributed by atoms with E-state index in [4.69, 9.17) is 14.6 Å². The lowest BCUT2D eigenvalue weighted by Crippen LogP contribution is -2.56. The number of aldehydes is 1. The van der Waals surface area contributed by atoms with Crippen LogP contribution in [0, 0.1) is 9.49 Å². The summed E-state index contributed by atoms with van der Waals surface area (Å²) >= 11 is 1.98. The third-order valence-corrected chi connectivity index (χ3v) is 6.83. The molecule has 0 fully saturated rings. The molecule has 0 heterocycles. The second-order valence-electron chi connectivity index (χ2n) is 9.13. The van der Waals surface area contributed by atoms with Crippen LogP contribution in [-0.2, 0) is 14.4 Å². The Hall–Kier alpha value is -2.51. The summed E-state index contributed by atoms with van der Waals surface area (Å²) in [5.74, 6) is -1.04. The van der Waals surface area contributed by atoms with E-state index < -0.39 is 35.8 Å². The number of methoxy groups -OCH3 is 1. The molecule has 0 radical (unpaired) electrons. The number of benzene rings is 1. The third kappa shape index (κ3) is 7.99. The quantitative estimate of drug-likeness (QED) is 0.171. The number of amides is 2. The highest BCUT2D eigenvalue weighted by Gasteiger charge is 2.41. The number of carbonyl (C=O) groups is 4. The van der Waals surface area contributed by atoms with Gasteiger partial charge in [-0.2, -0.15) is 0 Å². The van der Waals surface area contributed by atoms with Gasteiger partial charge in [0.1, 0.15) is 18.5 Å². The molecule has 0 aliphatic heterocycles. The molecule has 0 unspecified atom stereocenters. The summed E-state index contributed by atoms with van der Waals surface area (Å²) in [6.07, 6.45) is 0.392. The number of carbonyl (C=O) groups excluding carboxylic acids is 4. The molecule has 0 spiro atoms. The molecular weight excluding hydrogens is 595 g/mol. The Bertz CT molecular complexity index is 1030. The first-order valence-electron chi connectivity index (χ1n) is 12.2. The maximum atomic E-state index is 13.1. The lowest BCUT2D eigenvalue weighted by Gasteiger charge is -2.40. The Balaban J connectivity index is 2.54.